The zero-order valence-corrected chi connectivity index (χ0v) is 71.3. The van der Waals surface area contributed by atoms with E-state index in [9.17, 15) is 77.1 Å². The standard InChI is InChI=1S/C80H101N11O21S2.C2H6S.CO2/c1-9-62(93)83-57-31-51(36-109-27-28-114(106,107)108)90(72(57)100)34-63(94)86-64(44(2)3)71(99)82-45(4)58(92)30-47-17-18-50(49(29-47)19-21-59-66(95)67(96)68(97)69(112-59)74(103)104)35-110-76(105)88(8)25-26-111-80-40-77(6)37-78(7,41-80)39-79(38-77,42-80)43-91-46(5)54(32-81-91)52-20-22-61(85-65(52)73(101)102)89-24-23-48-13-12-14-53(55(48)33-89)70(98)87-75-84-56-15-10-11-16-60(56)113-75;1-3-2;2-1-3/h10-18,20,22,29,32,44-45,51,57,59,64,66-69,95-97H,9,19,21,23-28,30-31,33-43H2,1-8H3,(H,82,99)(H,83,93)(H,86,94)(H,101,102)(H,103,104)(H,84,87,98)(H,106,107,108);1-2H3;/t45-,51-,57-,59-,64-,66-,67+,68-,69-,77?,78?,79?,80?;;/m0../s1. The first-order valence-electron chi connectivity index (χ1n) is 39.8. The first kappa shape index (κ1) is 92.6. The van der Waals surface area contributed by atoms with Gasteiger partial charge in [0.05, 0.1) is 72.3 Å². The van der Waals surface area contributed by atoms with Gasteiger partial charge >= 0.3 is 24.2 Å². The summed E-state index contributed by atoms with van der Waals surface area (Å²) in [5.41, 5.74) is 5.37. The molecule has 120 heavy (non-hydrogen) atoms. The van der Waals surface area contributed by atoms with Crippen molar-refractivity contribution < 1.29 is 110 Å². The molecule has 4 aliphatic carbocycles. The molecular formula is C83H107N11O23S3. The number of carboxylic acids is 2. The number of likely N-dealkylation sites (N-methyl/N-ethyl adjacent to an activating group) is 1. The van der Waals surface area contributed by atoms with Crippen LogP contribution < -0.4 is 26.2 Å². The van der Waals surface area contributed by atoms with E-state index >= 15 is 0 Å². The monoisotopic (exact) mass is 1720 g/mol. The Morgan fingerprint density at radius 1 is 0.850 bits per heavy atom. The molecule has 3 aromatic carbocycles. The van der Waals surface area contributed by atoms with Crippen LogP contribution in [-0.2, 0) is 106 Å². The van der Waals surface area contributed by atoms with E-state index < -0.39 is 143 Å². The average Bonchev–Trinajstić information content (AvgIpc) is 0.732. The Bertz CT molecular complexity index is 4890. The SMILES string of the molecule is CCC(=O)N[C@H]1C[C@@H](COCCS(=O)(=O)O)N(CC(=O)N[C@H](C(=O)N[C@@H](C)C(=O)Cc2ccc(COC(=O)N(C)CCOC34CC5(C)CC(C)(CC(Cn6ncc(-c7ccc(N8CCc9cccc(C(=O)Nc%10nc%11ccccc%11s%10)c9C8)nc7C(=O)O)c6C)(C5)C3)C4)c(CC[C@@H]3O[C@H](C(=O)O)[C@@H](O)[C@H](O)[C@H]3O)c2)C(C)C)C1=O.CSC.O=C=O. The van der Waals surface area contributed by atoms with Crippen LogP contribution in [0, 0.1) is 29.1 Å². The summed E-state index contributed by atoms with van der Waals surface area (Å²) in [6.07, 6.45) is 2.32. The molecule has 10 N–H and O–H groups in total. The number of aliphatic hydroxyl groups excluding tert-OH is 3. The number of amides is 6. The van der Waals surface area contributed by atoms with Crippen molar-refractivity contribution in [1.29, 1.82) is 0 Å². The minimum Gasteiger partial charge on any atom is -0.479 e. The Morgan fingerprint density at radius 3 is 2.23 bits per heavy atom. The number of hydrogen-bond donors (Lipinski definition) is 10. The summed E-state index contributed by atoms with van der Waals surface area (Å²) in [6.45, 7) is 13.2. The van der Waals surface area contributed by atoms with Gasteiger partial charge in [0.2, 0.25) is 23.6 Å². The highest BCUT2D eigenvalue weighted by molar-refractivity contribution is 7.97. The number of benzene rings is 3. The topological polar surface area (TPSA) is 482 Å². The highest BCUT2D eigenvalue weighted by Crippen LogP contribution is 2.72. The van der Waals surface area contributed by atoms with E-state index in [1.54, 1.807) is 76.1 Å². The maximum absolute atomic E-state index is 14.0. The number of aromatic nitrogens is 4. The minimum atomic E-state index is -4.36. The van der Waals surface area contributed by atoms with Gasteiger partial charge in [-0.3, -0.25) is 43.3 Å². The van der Waals surface area contributed by atoms with Crippen molar-refractivity contribution in [2.24, 2.45) is 22.2 Å². The molecule has 0 radical (unpaired) electrons. The zero-order valence-electron chi connectivity index (χ0n) is 68.8. The fourth-order valence-electron chi connectivity index (χ4n) is 18.7. The van der Waals surface area contributed by atoms with Gasteiger partial charge in [-0.25, -0.2) is 24.4 Å². The summed E-state index contributed by atoms with van der Waals surface area (Å²) in [5.74, 6) is -6.82. The number of ether oxygens (including phenoxy) is 4. The van der Waals surface area contributed by atoms with Gasteiger partial charge in [-0.1, -0.05) is 88.4 Å². The van der Waals surface area contributed by atoms with E-state index in [1.165, 1.54) is 23.2 Å². The van der Waals surface area contributed by atoms with Gasteiger partial charge in [0, 0.05) is 68.5 Å². The molecule has 0 spiro atoms. The fourth-order valence-corrected chi connectivity index (χ4v) is 19.9. The third-order valence-electron chi connectivity index (χ3n) is 23.2. The molecule has 4 saturated carbocycles. The second-order valence-corrected chi connectivity index (χ2v) is 36.7. The van der Waals surface area contributed by atoms with Gasteiger partial charge in [0.1, 0.15) is 42.8 Å². The molecule has 6 aromatic rings. The number of Topliss-reactive ketones (excluding diaryl/α,β-unsaturated/α-hetero) is 1. The number of carboxylic acid groups (broad SMARTS) is 2. The number of nitrogens with zero attached hydrogens (tertiary/aromatic N) is 7. The quantitative estimate of drug-likeness (QED) is 0.0162. The van der Waals surface area contributed by atoms with Crippen molar-refractivity contribution in [3.8, 4) is 11.1 Å². The van der Waals surface area contributed by atoms with Gasteiger partial charge in [-0.2, -0.15) is 34.9 Å². The van der Waals surface area contributed by atoms with Gasteiger partial charge in [0.15, 0.2) is 22.7 Å². The molecule has 4 bridgehead atoms. The lowest BCUT2D eigenvalue weighted by atomic mass is 9.39. The number of likely N-dealkylation sites (tertiary alicyclic amines) is 1. The van der Waals surface area contributed by atoms with E-state index in [1.807, 2.05) is 71.5 Å². The lowest BCUT2D eigenvalue weighted by Crippen LogP contribution is -2.64. The minimum absolute atomic E-state index is 0.0196. The number of aryl methyl sites for hydroxylation is 1. The molecule has 3 aromatic heterocycles. The Hall–Kier alpha value is -9.66. The van der Waals surface area contributed by atoms with Crippen molar-refractivity contribution in [1.82, 2.24) is 45.5 Å². The normalized spacial score (nSPS) is 24.5. The van der Waals surface area contributed by atoms with E-state index in [0.717, 1.165) is 70.5 Å². The highest BCUT2D eigenvalue weighted by Gasteiger charge is 2.66. The first-order chi connectivity index (χ1) is 56.8. The summed E-state index contributed by atoms with van der Waals surface area (Å²) in [5, 5.41) is 69.1. The average molecular weight is 1720 g/mol. The Morgan fingerprint density at radius 2 is 1.56 bits per heavy atom. The molecule has 6 heterocycles. The molecule has 6 fully saturated rings. The van der Waals surface area contributed by atoms with Crippen molar-refractivity contribution >= 4 is 114 Å². The number of carbonyl (C=O) groups excluding carboxylic acids is 9. The van der Waals surface area contributed by atoms with Crippen LogP contribution in [0.5, 0.6) is 0 Å². The number of thiazole rings is 1. The highest BCUT2D eigenvalue weighted by atomic mass is 32.2. The molecule has 2 unspecified atom stereocenters. The van der Waals surface area contributed by atoms with Crippen LogP contribution in [0.4, 0.5) is 15.7 Å². The van der Waals surface area contributed by atoms with Crippen LogP contribution in [0.15, 0.2) is 79.0 Å². The predicted octanol–water partition coefficient (Wildman–Crippen LogP) is 6.20. The van der Waals surface area contributed by atoms with Gasteiger partial charge in [-0.15, -0.1) is 0 Å². The van der Waals surface area contributed by atoms with Gasteiger partial charge in [0.25, 0.3) is 16.0 Å². The van der Waals surface area contributed by atoms with E-state index in [0.29, 0.717) is 70.4 Å². The van der Waals surface area contributed by atoms with Crippen LogP contribution in [0.25, 0.3) is 21.3 Å². The summed E-state index contributed by atoms with van der Waals surface area (Å²) in [6, 6.07) is 17.7. The third-order valence-corrected chi connectivity index (χ3v) is 24.8. The molecular weight excluding hydrogens is 1620 g/mol. The number of pyridine rings is 1. The number of aliphatic carboxylic acids is 1. The number of fused-ring (bicyclic) bond motifs is 2. The van der Waals surface area contributed by atoms with Crippen LogP contribution in [0.2, 0.25) is 0 Å². The Balaban J connectivity index is 0.00000245. The summed E-state index contributed by atoms with van der Waals surface area (Å²) in [4.78, 5) is 151. The number of carbonyl (C=O) groups is 9. The number of aromatic carboxylic acids is 1. The van der Waals surface area contributed by atoms with Crippen LogP contribution in [0.3, 0.4) is 0 Å². The first-order valence-corrected chi connectivity index (χ1v) is 43.8. The largest absolute Gasteiger partial charge is 0.479 e. The van der Waals surface area contributed by atoms with Gasteiger partial charge < -0.3 is 75.1 Å². The van der Waals surface area contributed by atoms with Crippen molar-refractivity contribution in [2.45, 2.75) is 206 Å². The second-order valence-electron chi connectivity index (χ2n) is 33.3. The molecule has 37 heteroatoms. The maximum atomic E-state index is 14.0. The van der Waals surface area contributed by atoms with Crippen LogP contribution in [0.1, 0.15) is 154 Å². The molecule has 6 amide bonds. The maximum Gasteiger partial charge on any atom is 0.409 e. The number of hydrogen-bond acceptors (Lipinski definition) is 26. The fraction of sp³-hybridized carbons (Fsp3) is 0.554. The van der Waals surface area contributed by atoms with Crippen LogP contribution in [-0.4, -0.2) is 253 Å². The molecule has 3 aliphatic heterocycles. The number of thioether (sulfide) groups is 1. The second kappa shape index (κ2) is 39.5. The van der Waals surface area contributed by atoms with Gasteiger partial charge in [-0.05, 0) is 171 Å². The molecule has 7 aliphatic rings. The van der Waals surface area contributed by atoms with E-state index in [-0.39, 0.29) is 92.5 Å². The van der Waals surface area contributed by atoms with Crippen molar-refractivity contribution in [2.75, 3.05) is 75.0 Å². The summed E-state index contributed by atoms with van der Waals surface area (Å²) in [7, 11) is -2.77. The molecule has 2 saturated heterocycles. The molecule has 34 nitrogen and oxygen atoms in total. The third kappa shape index (κ3) is 22.5. The van der Waals surface area contributed by atoms with Crippen LogP contribution >= 0.6 is 23.1 Å². The lowest BCUT2D eigenvalue weighted by Gasteiger charge is -2.69. The smallest absolute Gasteiger partial charge is 0.409 e. The lowest BCUT2D eigenvalue weighted by molar-refractivity contribution is -0.248. The molecule has 11 atom stereocenters. The summed E-state index contributed by atoms with van der Waals surface area (Å²) < 4.78 is 58.7. The Kier molecular flexibility index (Phi) is 30.5. The number of rotatable bonds is 33. The number of ketones is 1. The van der Waals surface area contributed by atoms with E-state index in [4.69, 9.17) is 43.2 Å². The van der Waals surface area contributed by atoms with E-state index in [2.05, 4.69) is 40.1 Å². The number of anilines is 2. The number of para-hydroxylation sites is 1. The predicted molar refractivity (Wildman–Crippen MR) is 440 cm³/mol. The Labute approximate surface area is 703 Å². The molecule has 13 rings (SSSR count). The number of nitrogens with one attached hydrogen (secondary N) is 4. The zero-order chi connectivity index (χ0) is 87.5. The van der Waals surface area contributed by atoms with Crippen molar-refractivity contribution in [3.05, 3.63) is 124 Å². The van der Waals surface area contributed by atoms with Crippen molar-refractivity contribution in [3.63, 3.8) is 0 Å². The molecule has 650 valence electrons. The summed E-state index contributed by atoms with van der Waals surface area (Å²) >= 11 is 3.15. The number of aliphatic hydroxyl groups is 3.